The molecular weight excluding hydrogens is 444 g/mol. The summed E-state index contributed by atoms with van der Waals surface area (Å²) in [5.41, 5.74) is 5.71. The lowest BCUT2D eigenvalue weighted by Gasteiger charge is -2.33. The van der Waals surface area contributed by atoms with Gasteiger partial charge in [0.25, 0.3) is 11.8 Å². The number of ether oxygens (including phenoxy) is 1. The number of carbonyl (C=O) groups is 3. The Labute approximate surface area is 183 Å². The molecule has 1 aromatic heterocycles. The number of nitrogens with one attached hydrogen (secondary N) is 1. The molecule has 3 N–H and O–H groups in total. The van der Waals surface area contributed by atoms with Gasteiger partial charge in [-0.2, -0.15) is 4.31 Å². The van der Waals surface area contributed by atoms with E-state index in [1.54, 1.807) is 12.3 Å². The molecule has 0 atom stereocenters. The zero-order valence-electron chi connectivity index (χ0n) is 16.7. The van der Waals surface area contributed by atoms with Crippen LogP contribution >= 0.6 is 11.3 Å². The van der Waals surface area contributed by atoms with Gasteiger partial charge in [-0.05, 0) is 42.6 Å². The van der Waals surface area contributed by atoms with Gasteiger partial charge < -0.3 is 20.7 Å². The van der Waals surface area contributed by atoms with Crippen LogP contribution < -0.4 is 11.1 Å². The van der Waals surface area contributed by atoms with Crippen LogP contribution in [0.3, 0.4) is 0 Å². The Morgan fingerprint density at radius 1 is 1.10 bits per heavy atom. The molecular formula is C19H22N4O6S2. The fraction of sp³-hybridized carbons (Fsp3) is 0.316. The second-order valence-electron chi connectivity index (χ2n) is 6.60. The first-order valence-electron chi connectivity index (χ1n) is 9.44. The molecule has 0 saturated carbocycles. The molecule has 0 unspecified atom stereocenters. The Kier molecular flexibility index (Phi) is 6.93. The third kappa shape index (κ3) is 5.03. The molecule has 0 aliphatic carbocycles. The van der Waals surface area contributed by atoms with Crippen LogP contribution in [0.4, 0.5) is 9.80 Å². The highest BCUT2D eigenvalue weighted by molar-refractivity contribution is 7.89. The Morgan fingerprint density at radius 3 is 2.32 bits per heavy atom. The molecule has 2 heterocycles. The van der Waals surface area contributed by atoms with Crippen molar-refractivity contribution in [1.29, 1.82) is 0 Å². The van der Waals surface area contributed by atoms with Gasteiger partial charge in [0, 0.05) is 31.7 Å². The average Bonchev–Trinajstić information content (AvgIpc) is 3.22. The number of hydrogen-bond acceptors (Lipinski definition) is 7. The molecule has 1 aliphatic rings. The molecule has 0 bridgehead atoms. The van der Waals surface area contributed by atoms with Crippen molar-refractivity contribution in [3.05, 3.63) is 46.8 Å². The number of piperazine rings is 1. The Bertz CT molecular complexity index is 1070. The van der Waals surface area contributed by atoms with Gasteiger partial charge in [-0.25, -0.2) is 13.2 Å². The quantitative estimate of drug-likeness (QED) is 0.662. The summed E-state index contributed by atoms with van der Waals surface area (Å²) in [5.74, 6) is -1.14. The normalized spacial score (nSPS) is 14.8. The molecule has 0 spiro atoms. The second kappa shape index (κ2) is 9.45. The average molecular weight is 467 g/mol. The Balaban J connectivity index is 1.66. The van der Waals surface area contributed by atoms with Crippen molar-refractivity contribution in [3.8, 4) is 0 Å². The van der Waals surface area contributed by atoms with Crippen molar-refractivity contribution in [2.45, 2.75) is 11.8 Å². The van der Waals surface area contributed by atoms with Crippen LogP contribution in [0.1, 0.15) is 27.6 Å². The van der Waals surface area contributed by atoms with Gasteiger partial charge in [-0.15, -0.1) is 11.3 Å². The zero-order chi connectivity index (χ0) is 22.6. The molecule has 10 nitrogen and oxygen atoms in total. The van der Waals surface area contributed by atoms with Crippen LogP contribution in [0.15, 0.2) is 40.6 Å². The van der Waals surface area contributed by atoms with Crippen LogP contribution in [-0.4, -0.2) is 68.3 Å². The maximum atomic E-state index is 12.9. The highest BCUT2D eigenvalue weighted by Crippen LogP contribution is 2.24. The Morgan fingerprint density at radius 2 is 1.74 bits per heavy atom. The molecule has 1 aromatic carbocycles. The first-order chi connectivity index (χ1) is 14.7. The molecule has 31 heavy (non-hydrogen) atoms. The maximum absolute atomic E-state index is 12.9. The van der Waals surface area contributed by atoms with E-state index in [9.17, 15) is 22.8 Å². The summed E-state index contributed by atoms with van der Waals surface area (Å²) < 4.78 is 32.0. The van der Waals surface area contributed by atoms with Crippen molar-refractivity contribution >= 4 is 44.3 Å². The molecule has 1 fully saturated rings. The second-order valence-corrected chi connectivity index (χ2v) is 9.45. The molecule has 1 saturated heterocycles. The van der Waals surface area contributed by atoms with Crippen molar-refractivity contribution in [2.75, 3.05) is 38.1 Å². The van der Waals surface area contributed by atoms with E-state index in [4.69, 9.17) is 10.5 Å². The van der Waals surface area contributed by atoms with Crippen molar-refractivity contribution in [2.24, 2.45) is 5.73 Å². The number of primary amides is 1. The van der Waals surface area contributed by atoms with Gasteiger partial charge in [0.1, 0.15) is 5.00 Å². The summed E-state index contributed by atoms with van der Waals surface area (Å²) in [5, 5.41) is 4.56. The smallest absolute Gasteiger partial charge is 0.409 e. The molecule has 1 aliphatic heterocycles. The number of nitrogens with two attached hydrogens (primary N) is 1. The minimum Gasteiger partial charge on any atom is -0.450 e. The van der Waals surface area contributed by atoms with Crippen LogP contribution in [-0.2, 0) is 14.8 Å². The highest BCUT2D eigenvalue weighted by atomic mass is 32.2. The van der Waals surface area contributed by atoms with Gasteiger partial charge >= 0.3 is 6.09 Å². The molecule has 3 amide bonds. The number of benzene rings is 1. The summed E-state index contributed by atoms with van der Waals surface area (Å²) in [6.45, 7) is 2.74. The van der Waals surface area contributed by atoms with E-state index in [0.717, 1.165) is 11.3 Å². The van der Waals surface area contributed by atoms with E-state index in [1.807, 2.05) is 0 Å². The predicted octanol–water partition coefficient (Wildman–Crippen LogP) is 1.56. The highest BCUT2D eigenvalue weighted by Gasteiger charge is 2.30. The fourth-order valence-electron chi connectivity index (χ4n) is 3.03. The number of hydrogen-bond donors (Lipinski definition) is 2. The summed E-state index contributed by atoms with van der Waals surface area (Å²) in [7, 11) is -3.77. The zero-order valence-corrected chi connectivity index (χ0v) is 18.4. The summed E-state index contributed by atoms with van der Waals surface area (Å²) >= 11 is 1.16. The lowest BCUT2D eigenvalue weighted by atomic mass is 10.2. The summed E-state index contributed by atoms with van der Waals surface area (Å²) in [4.78, 5) is 37.1. The number of nitrogens with zero attached hydrogens (tertiary/aromatic N) is 2. The van der Waals surface area contributed by atoms with Crippen molar-refractivity contribution < 1.29 is 27.5 Å². The molecule has 12 heteroatoms. The van der Waals surface area contributed by atoms with Crippen LogP contribution in [0.25, 0.3) is 0 Å². The SMILES string of the molecule is CCOC(=O)N1CCN(S(=O)(=O)c2ccc(C(=O)Nc3sccc3C(N)=O)cc2)CC1. The first kappa shape index (κ1) is 22.7. The van der Waals surface area contributed by atoms with E-state index >= 15 is 0 Å². The van der Waals surface area contributed by atoms with Gasteiger partial charge in [-0.1, -0.05) is 0 Å². The van der Waals surface area contributed by atoms with Gasteiger partial charge in [0.05, 0.1) is 17.1 Å². The first-order valence-corrected chi connectivity index (χ1v) is 11.8. The van der Waals surface area contributed by atoms with E-state index < -0.39 is 27.9 Å². The maximum Gasteiger partial charge on any atom is 0.409 e. The third-order valence-corrected chi connectivity index (χ3v) is 7.42. The summed E-state index contributed by atoms with van der Waals surface area (Å²) in [6, 6.07) is 7.01. The van der Waals surface area contributed by atoms with E-state index in [1.165, 1.54) is 39.5 Å². The number of sulfonamides is 1. The number of amides is 3. The monoisotopic (exact) mass is 466 g/mol. The van der Waals surface area contributed by atoms with E-state index in [0.29, 0.717) is 5.00 Å². The number of carbonyl (C=O) groups excluding carboxylic acids is 3. The fourth-order valence-corrected chi connectivity index (χ4v) is 5.24. The van der Waals surface area contributed by atoms with Crippen molar-refractivity contribution in [1.82, 2.24) is 9.21 Å². The summed E-state index contributed by atoms with van der Waals surface area (Å²) in [6.07, 6.45) is -0.458. The molecule has 3 rings (SSSR count). The topological polar surface area (TPSA) is 139 Å². The minimum atomic E-state index is -3.77. The van der Waals surface area contributed by atoms with E-state index in [2.05, 4.69) is 5.32 Å². The van der Waals surface area contributed by atoms with Gasteiger partial charge in [0.15, 0.2) is 0 Å². The lowest BCUT2D eigenvalue weighted by molar-refractivity contribution is 0.0933. The van der Waals surface area contributed by atoms with Gasteiger partial charge in [0.2, 0.25) is 10.0 Å². The van der Waals surface area contributed by atoms with E-state index in [-0.39, 0.29) is 48.8 Å². The predicted molar refractivity (Wildman–Crippen MR) is 115 cm³/mol. The van der Waals surface area contributed by atoms with Crippen LogP contribution in [0.2, 0.25) is 0 Å². The standard InChI is InChI=1S/C19H22N4O6S2/c1-2-29-19(26)22-8-10-23(11-9-22)31(27,28)14-5-3-13(4-6-14)17(25)21-18-15(16(20)24)7-12-30-18/h3-7,12H,2,8-11H2,1H3,(H2,20,24)(H,21,25). The van der Waals surface area contributed by atoms with Crippen LogP contribution in [0.5, 0.6) is 0 Å². The number of anilines is 1. The lowest BCUT2D eigenvalue weighted by Crippen LogP contribution is -2.50. The van der Waals surface area contributed by atoms with Gasteiger partial charge in [-0.3, -0.25) is 9.59 Å². The minimum absolute atomic E-state index is 0.0441. The molecule has 2 aromatic rings. The Hall–Kier alpha value is -2.96. The third-order valence-electron chi connectivity index (χ3n) is 4.68. The number of thiophene rings is 1. The number of rotatable bonds is 6. The molecule has 166 valence electrons. The van der Waals surface area contributed by atoms with Crippen LogP contribution in [0, 0.1) is 0 Å². The largest absolute Gasteiger partial charge is 0.450 e. The molecule has 0 radical (unpaired) electrons. The van der Waals surface area contributed by atoms with Crippen molar-refractivity contribution in [3.63, 3.8) is 0 Å².